The van der Waals surface area contributed by atoms with Crippen molar-refractivity contribution in [3.63, 3.8) is 0 Å². The van der Waals surface area contributed by atoms with Gasteiger partial charge in [-0.15, -0.1) is 0 Å². The SMILES string of the molecule is COC(=O)C1CC12CCN(C(=O)C1CC(=O)N(Cc3ccccc3)C1)CC2. The number of amides is 2. The van der Waals surface area contributed by atoms with Gasteiger partial charge < -0.3 is 14.5 Å². The van der Waals surface area contributed by atoms with Gasteiger partial charge in [-0.3, -0.25) is 14.4 Å². The van der Waals surface area contributed by atoms with Gasteiger partial charge in [0.05, 0.1) is 18.9 Å². The molecule has 144 valence electrons. The number of piperidine rings is 1. The van der Waals surface area contributed by atoms with Crippen molar-refractivity contribution < 1.29 is 19.1 Å². The van der Waals surface area contributed by atoms with Crippen LogP contribution in [0.25, 0.3) is 0 Å². The Bertz CT molecular complexity index is 740. The smallest absolute Gasteiger partial charge is 0.309 e. The lowest BCUT2D eigenvalue weighted by Crippen LogP contribution is -2.43. The quantitative estimate of drug-likeness (QED) is 0.759. The third kappa shape index (κ3) is 3.45. The van der Waals surface area contributed by atoms with E-state index in [0.717, 1.165) is 24.8 Å². The Morgan fingerprint density at radius 2 is 1.89 bits per heavy atom. The Labute approximate surface area is 159 Å². The van der Waals surface area contributed by atoms with Crippen LogP contribution < -0.4 is 0 Å². The standard InChI is InChI=1S/C21H26N2O4/c1-27-20(26)17-12-21(17)7-9-22(10-8-21)19(25)16-11-18(24)23(14-16)13-15-5-3-2-4-6-15/h2-6,16-17H,7-14H2,1H3. The second-order valence-corrected chi connectivity index (χ2v) is 8.13. The second-order valence-electron chi connectivity index (χ2n) is 8.13. The van der Waals surface area contributed by atoms with E-state index < -0.39 is 0 Å². The molecule has 3 aliphatic rings. The van der Waals surface area contributed by atoms with Crippen LogP contribution in [0.1, 0.15) is 31.2 Å². The molecule has 0 bridgehead atoms. The van der Waals surface area contributed by atoms with Crippen molar-refractivity contribution in [3.8, 4) is 0 Å². The monoisotopic (exact) mass is 370 g/mol. The lowest BCUT2D eigenvalue weighted by atomic mass is 9.90. The average Bonchev–Trinajstić information content (AvgIpc) is 3.27. The van der Waals surface area contributed by atoms with Gasteiger partial charge in [-0.05, 0) is 30.2 Å². The maximum Gasteiger partial charge on any atom is 0.309 e. The maximum atomic E-state index is 12.9. The van der Waals surface area contributed by atoms with Gasteiger partial charge in [0.25, 0.3) is 0 Å². The molecule has 27 heavy (non-hydrogen) atoms. The predicted molar refractivity (Wildman–Crippen MR) is 98.3 cm³/mol. The molecule has 3 fully saturated rings. The minimum absolute atomic E-state index is 0.00849. The van der Waals surface area contributed by atoms with Gasteiger partial charge >= 0.3 is 5.97 Å². The normalized spacial score (nSPS) is 26.3. The molecule has 2 amide bonds. The fraction of sp³-hybridized carbons (Fsp3) is 0.571. The molecule has 0 N–H and O–H groups in total. The molecule has 1 spiro atoms. The van der Waals surface area contributed by atoms with Crippen molar-refractivity contribution in [3.05, 3.63) is 35.9 Å². The number of methoxy groups -OCH3 is 1. The summed E-state index contributed by atoms with van der Waals surface area (Å²) >= 11 is 0. The number of carbonyl (C=O) groups excluding carboxylic acids is 3. The largest absolute Gasteiger partial charge is 0.469 e. The molecule has 2 saturated heterocycles. The summed E-state index contributed by atoms with van der Waals surface area (Å²) in [6.45, 7) is 2.41. The summed E-state index contributed by atoms with van der Waals surface area (Å²) in [5.41, 5.74) is 1.13. The average molecular weight is 370 g/mol. The molecule has 0 radical (unpaired) electrons. The highest BCUT2D eigenvalue weighted by Crippen LogP contribution is 2.59. The minimum atomic E-state index is -0.245. The number of nitrogens with zero attached hydrogens (tertiary/aromatic N) is 2. The molecule has 6 nitrogen and oxygen atoms in total. The van der Waals surface area contributed by atoms with Crippen LogP contribution in [-0.2, 0) is 25.7 Å². The highest BCUT2D eigenvalue weighted by Gasteiger charge is 2.59. The summed E-state index contributed by atoms with van der Waals surface area (Å²) in [6.07, 6.45) is 2.90. The van der Waals surface area contributed by atoms with E-state index in [4.69, 9.17) is 4.74 Å². The molecule has 1 aromatic rings. The van der Waals surface area contributed by atoms with Crippen LogP contribution in [0.5, 0.6) is 0 Å². The fourth-order valence-electron chi connectivity index (χ4n) is 4.70. The number of hydrogen-bond donors (Lipinski definition) is 0. The summed E-state index contributed by atoms with van der Waals surface area (Å²) in [6, 6.07) is 9.87. The van der Waals surface area contributed by atoms with E-state index in [1.807, 2.05) is 35.2 Å². The molecular weight excluding hydrogens is 344 g/mol. The van der Waals surface area contributed by atoms with Crippen LogP contribution in [0.2, 0.25) is 0 Å². The van der Waals surface area contributed by atoms with Crippen molar-refractivity contribution in [2.45, 2.75) is 32.2 Å². The molecule has 4 rings (SSSR count). The van der Waals surface area contributed by atoms with Crippen molar-refractivity contribution in [1.29, 1.82) is 0 Å². The lowest BCUT2D eigenvalue weighted by molar-refractivity contribution is -0.143. The van der Waals surface area contributed by atoms with Gasteiger partial charge in [0.15, 0.2) is 0 Å². The Balaban J connectivity index is 1.31. The van der Waals surface area contributed by atoms with Crippen LogP contribution in [-0.4, -0.2) is 54.3 Å². The summed E-state index contributed by atoms with van der Waals surface area (Å²) in [5.74, 6) is -0.213. The predicted octanol–water partition coefficient (Wildman–Crippen LogP) is 1.84. The molecule has 1 aromatic carbocycles. The van der Waals surface area contributed by atoms with Gasteiger partial charge in [-0.1, -0.05) is 30.3 Å². The van der Waals surface area contributed by atoms with Crippen LogP contribution in [0.3, 0.4) is 0 Å². The van der Waals surface area contributed by atoms with E-state index in [1.165, 1.54) is 7.11 Å². The molecule has 2 unspecified atom stereocenters. The number of esters is 1. The van der Waals surface area contributed by atoms with Gasteiger partial charge in [0.2, 0.25) is 11.8 Å². The molecule has 6 heteroatoms. The van der Waals surface area contributed by atoms with Crippen LogP contribution in [0, 0.1) is 17.3 Å². The van der Waals surface area contributed by atoms with Crippen molar-refractivity contribution in [1.82, 2.24) is 9.80 Å². The van der Waals surface area contributed by atoms with Gasteiger partial charge in [0, 0.05) is 32.6 Å². The highest BCUT2D eigenvalue weighted by molar-refractivity contribution is 5.89. The number of carbonyl (C=O) groups is 3. The number of likely N-dealkylation sites (tertiary alicyclic amines) is 2. The molecule has 1 aliphatic carbocycles. The lowest BCUT2D eigenvalue weighted by Gasteiger charge is -2.34. The van der Waals surface area contributed by atoms with E-state index in [9.17, 15) is 14.4 Å². The van der Waals surface area contributed by atoms with Gasteiger partial charge in [0.1, 0.15) is 0 Å². The zero-order valence-electron chi connectivity index (χ0n) is 15.7. The summed E-state index contributed by atoms with van der Waals surface area (Å²) in [7, 11) is 1.44. The highest BCUT2D eigenvalue weighted by atomic mass is 16.5. The topological polar surface area (TPSA) is 66.9 Å². The zero-order valence-corrected chi connectivity index (χ0v) is 15.7. The van der Waals surface area contributed by atoms with Crippen LogP contribution in [0.4, 0.5) is 0 Å². The second kappa shape index (κ2) is 6.98. The maximum absolute atomic E-state index is 12.9. The number of ether oxygens (including phenoxy) is 1. The molecular formula is C21H26N2O4. The van der Waals surface area contributed by atoms with Gasteiger partial charge in [-0.25, -0.2) is 0 Å². The first kappa shape index (κ1) is 18.0. The van der Waals surface area contributed by atoms with E-state index >= 15 is 0 Å². The Hall–Kier alpha value is -2.37. The van der Waals surface area contributed by atoms with Gasteiger partial charge in [-0.2, -0.15) is 0 Å². The summed E-state index contributed by atoms with van der Waals surface area (Å²) < 4.78 is 4.87. The Morgan fingerprint density at radius 3 is 2.56 bits per heavy atom. The third-order valence-corrected chi connectivity index (χ3v) is 6.53. The number of hydrogen-bond acceptors (Lipinski definition) is 4. The molecule has 2 aliphatic heterocycles. The Kier molecular flexibility index (Phi) is 4.66. The van der Waals surface area contributed by atoms with E-state index in [-0.39, 0.29) is 35.0 Å². The first-order valence-electron chi connectivity index (χ1n) is 9.71. The van der Waals surface area contributed by atoms with E-state index in [0.29, 0.717) is 32.6 Å². The van der Waals surface area contributed by atoms with Crippen molar-refractivity contribution >= 4 is 17.8 Å². The minimum Gasteiger partial charge on any atom is -0.469 e. The van der Waals surface area contributed by atoms with E-state index in [2.05, 4.69) is 0 Å². The first-order valence-corrected chi connectivity index (χ1v) is 9.71. The van der Waals surface area contributed by atoms with E-state index in [1.54, 1.807) is 4.90 Å². The third-order valence-electron chi connectivity index (χ3n) is 6.53. The molecule has 0 aromatic heterocycles. The zero-order chi connectivity index (χ0) is 19.0. The van der Waals surface area contributed by atoms with Crippen molar-refractivity contribution in [2.24, 2.45) is 17.3 Å². The number of rotatable bonds is 4. The first-order chi connectivity index (χ1) is 13.0. The molecule has 1 saturated carbocycles. The molecule has 2 heterocycles. The molecule has 2 atom stereocenters. The van der Waals surface area contributed by atoms with Crippen LogP contribution >= 0.6 is 0 Å². The Morgan fingerprint density at radius 1 is 1.19 bits per heavy atom. The van der Waals surface area contributed by atoms with Crippen LogP contribution in [0.15, 0.2) is 30.3 Å². The summed E-state index contributed by atoms with van der Waals surface area (Å²) in [5, 5.41) is 0. The van der Waals surface area contributed by atoms with Crippen molar-refractivity contribution in [2.75, 3.05) is 26.7 Å². The summed E-state index contributed by atoms with van der Waals surface area (Å²) in [4.78, 5) is 40.7. The number of benzene rings is 1. The fourth-order valence-corrected chi connectivity index (χ4v) is 4.70.